The zero-order valence-corrected chi connectivity index (χ0v) is 9.65. The molecule has 1 N–H and O–H groups in total. The number of anilines is 1. The van der Waals surface area contributed by atoms with Crippen molar-refractivity contribution in [2.24, 2.45) is 5.92 Å². The average molecular weight is 217 g/mol. The lowest BCUT2D eigenvalue weighted by Gasteiger charge is -2.37. The third-order valence-corrected chi connectivity index (χ3v) is 3.99. The van der Waals surface area contributed by atoms with Crippen LogP contribution < -0.4 is 4.90 Å². The number of benzene rings is 1. The van der Waals surface area contributed by atoms with Gasteiger partial charge in [-0.2, -0.15) is 0 Å². The van der Waals surface area contributed by atoms with Crippen LogP contribution in [0.3, 0.4) is 0 Å². The Morgan fingerprint density at radius 3 is 2.88 bits per heavy atom. The second-order valence-corrected chi connectivity index (χ2v) is 5.16. The summed E-state index contributed by atoms with van der Waals surface area (Å²) in [4.78, 5) is 2.47. The van der Waals surface area contributed by atoms with Gasteiger partial charge in [0.1, 0.15) is 5.75 Å². The summed E-state index contributed by atoms with van der Waals surface area (Å²) in [5.74, 6) is 1.30. The lowest BCUT2D eigenvalue weighted by Crippen LogP contribution is -2.36. The van der Waals surface area contributed by atoms with Crippen molar-refractivity contribution in [1.82, 2.24) is 0 Å². The second-order valence-electron chi connectivity index (χ2n) is 5.16. The first-order valence-corrected chi connectivity index (χ1v) is 6.40. The van der Waals surface area contributed by atoms with E-state index in [0.717, 1.165) is 18.9 Å². The van der Waals surface area contributed by atoms with Crippen LogP contribution in [0.4, 0.5) is 5.69 Å². The maximum absolute atomic E-state index is 9.58. The Bertz CT molecular complexity index is 384. The Morgan fingerprint density at radius 2 is 2.12 bits per heavy atom. The van der Waals surface area contributed by atoms with Gasteiger partial charge in [-0.1, -0.05) is 12.5 Å². The van der Waals surface area contributed by atoms with Crippen molar-refractivity contribution in [2.45, 2.75) is 32.1 Å². The number of hydrogen-bond acceptors (Lipinski definition) is 2. The molecule has 0 aromatic heterocycles. The van der Waals surface area contributed by atoms with Crippen LogP contribution in [-0.2, 0) is 6.42 Å². The van der Waals surface area contributed by atoms with Gasteiger partial charge in [-0.15, -0.1) is 0 Å². The smallest absolute Gasteiger partial charge is 0.117 e. The van der Waals surface area contributed by atoms with E-state index < -0.39 is 0 Å². The quantitative estimate of drug-likeness (QED) is 0.823. The highest BCUT2D eigenvalue weighted by molar-refractivity contribution is 5.58. The summed E-state index contributed by atoms with van der Waals surface area (Å²) in [6, 6.07) is 5.83. The maximum atomic E-state index is 9.58. The molecule has 0 unspecified atom stereocenters. The SMILES string of the molecule is Oc1ccc2c(c1)N(CC1CCC1)CCC2. The summed E-state index contributed by atoms with van der Waals surface area (Å²) in [7, 11) is 0. The zero-order valence-electron chi connectivity index (χ0n) is 9.65. The highest BCUT2D eigenvalue weighted by atomic mass is 16.3. The van der Waals surface area contributed by atoms with Crippen molar-refractivity contribution < 1.29 is 5.11 Å². The minimum absolute atomic E-state index is 0.402. The number of rotatable bonds is 2. The van der Waals surface area contributed by atoms with Gasteiger partial charge >= 0.3 is 0 Å². The van der Waals surface area contributed by atoms with E-state index in [4.69, 9.17) is 0 Å². The van der Waals surface area contributed by atoms with E-state index in [0.29, 0.717) is 5.75 Å². The molecular formula is C14H19NO. The largest absolute Gasteiger partial charge is 0.508 e. The summed E-state index contributed by atoms with van der Waals surface area (Å²) in [6.45, 7) is 2.35. The summed E-state index contributed by atoms with van der Waals surface area (Å²) in [5, 5.41) is 9.58. The van der Waals surface area contributed by atoms with Gasteiger partial charge < -0.3 is 10.0 Å². The van der Waals surface area contributed by atoms with E-state index in [1.54, 1.807) is 0 Å². The lowest BCUT2D eigenvalue weighted by atomic mass is 9.84. The number of fused-ring (bicyclic) bond motifs is 1. The molecule has 2 heteroatoms. The van der Waals surface area contributed by atoms with Gasteiger partial charge in [-0.05, 0) is 43.2 Å². The van der Waals surface area contributed by atoms with Crippen molar-refractivity contribution in [3.8, 4) is 5.75 Å². The summed E-state index contributed by atoms with van der Waals surface area (Å²) in [6.07, 6.45) is 6.61. The van der Waals surface area contributed by atoms with Gasteiger partial charge in [0.25, 0.3) is 0 Å². The van der Waals surface area contributed by atoms with Crippen molar-refractivity contribution in [2.75, 3.05) is 18.0 Å². The number of phenolic OH excluding ortho intramolecular Hbond substituents is 1. The third-order valence-electron chi connectivity index (χ3n) is 3.99. The highest BCUT2D eigenvalue weighted by Crippen LogP contribution is 2.34. The minimum Gasteiger partial charge on any atom is -0.508 e. The van der Waals surface area contributed by atoms with Gasteiger partial charge in [0, 0.05) is 24.8 Å². The predicted octanol–water partition coefficient (Wildman–Crippen LogP) is 2.94. The van der Waals surface area contributed by atoms with Crippen molar-refractivity contribution in [1.29, 1.82) is 0 Å². The first-order valence-electron chi connectivity index (χ1n) is 6.40. The molecule has 1 fully saturated rings. The molecule has 16 heavy (non-hydrogen) atoms. The van der Waals surface area contributed by atoms with E-state index in [2.05, 4.69) is 11.0 Å². The Hall–Kier alpha value is -1.18. The van der Waals surface area contributed by atoms with Crippen LogP contribution >= 0.6 is 0 Å². The van der Waals surface area contributed by atoms with Crippen LogP contribution in [0.25, 0.3) is 0 Å². The maximum Gasteiger partial charge on any atom is 0.117 e. The number of aromatic hydroxyl groups is 1. The first kappa shape index (κ1) is 10.0. The van der Waals surface area contributed by atoms with Gasteiger partial charge in [0.15, 0.2) is 0 Å². The van der Waals surface area contributed by atoms with Crippen LogP contribution in [0.1, 0.15) is 31.2 Å². The first-order chi connectivity index (χ1) is 7.83. The molecule has 0 amide bonds. The highest BCUT2D eigenvalue weighted by Gasteiger charge is 2.24. The number of aryl methyl sites for hydroxylation is 1. The van der Waals surface area contributed by atoms with E-state index in [-0.39, 0.29) is 0 Å². The molecule has 0 spiro atoms. The predicted molar refractivity (Wildman–Crippen MR) is 66.0 cm³/mol. The lowest BCUT2D eigenvalue weighted by molar-refractivity contribution is 0.316. The molecule has 0 atom stereocenters. The number of nitrogens with zero attached hydrogens (tertiary/aromatic N) is 1. The van der Waals surface area contributed by atoms with Crippen LogP contribution in [0.15, 0.2) is 18.2 Å². The average Bonchev–Trinajstić information content (AvgIpc) is 2.23. The molecule has 1 heterocycles. The van der Waals surface area contributed by atoms with Crippen molar-refractivity contribution >= 4 is 5.69 Å². The van der Waals surface area contributed by atoms with Crippen molar-refractivity contribution in [3.05, 3.63) is 23.8 Å². The molecule has 2 aliphatic rings. The molecule has 1 aromatic rings. The molecule has 0 bridgehead atoms. The molecule has 86 valence electrons. The van der Waals surface area contributed by atoms with Gasteiger partial charge in [0.2, 0.25) is 0 Å². The van der Waals surface area contributed by atoms with E-state index in [9.17, 15) is 5.11 Å². The topological polar surface area (TPSA) is 23.5 Å². The summed E-state index contributed by atoms with van der Waals surface area (Å²) < 4.78 is 0. The van der Waals surface area contributed by atoms with Crippen LogP contribution in [0, 0.1) is 5.92 Å². The van der Waals surface area contributed by atoms with E-state index in [1.807, 2.05) is 12.1 Å². The third kappa shape index (κ3) is 1.77. The molecular weight excluding hydrogens is 198 g/mol. The molecule has 1 aliphatic carbocycles. The normalized spacial score (nSPS) is 20.4. The minimum atomic E-state index is 0.402. The summed E-state index contributed by atoms with van der Waals surface area (Å²) in [5.41, 5.74) is 2.68. The standard InChI is InChI=1S/C14H19NO/c16-13-7-6-12-5-2-8-15(14(12)9-13)10-11-3-1-4-11/h6-7,9,11,16H,1-5,8,10H2. The van der Waals surface area contributed by atoms with Crippen LogP contribution in [0.5, 0.6) is 5.75 Å². The fourth-order valence-corrected chi connectivity index (χ4v) is 2.82. The van der Waals surface area contributed by atoms with E-state index >= 15 is 0 Å². The Balaban J connectivity index is 1.83. The second kappa shape index (κ2) is 4.00. The van der Waals surface area contributed by atoms with Crippen molar-refractivity contribution in [3.63, 3.8) is 0 Å². The van der Waals surface area contributed by atoms with E-state index in [1.165, 1.54) is 43.5 Å². The molecule has 0 radical (unpaired) electrons. The Labute approximate surface area is 96.9 Å². The fraction of sp³-hybridized carbons (Fsp3) is 0.571. The molecule has 1 aromatic carbocycles. The number of hydrogen-bond donors (Lipinski definition) is 1. The molecule has 0 saturated heterocycles. The molecule has 2 nitrogen and oxygen atoms in total. The van der Waals surface area contributed by atoms with Gasteiger partial charge in [-0.3, -0.25) is 0 Å². The Kier molecular flexibility index (Phi) is 2.50. The number of phenols is 1. The molecule has 3 rings (SSSR count). The zero-order chi connectivity index (χ0) is 11.0. The molecule has 1 saturated carbocycles. The van der Waals surface area contributed by atoms with Crippen LogP contribution in [0.2, 0.25) is 0 Å². The van der Waals surface area contributed by atoms with Crippen LogP contribution in [-0.4, -0.2) is 18.2 Å². The fourth-order valence-electron chi connectivity index (χ4n) is 2.82. The summed E-state index contributed by atoms with van der Waals surface area (Å²) >= 11 is 0. The van der Waals surface area contributed by atoms with Gasteiger partial charge in [0.05, 0.1) is 0 Å². The molecule has 1 aliphatic heterocycles. The Morgan fingerprint density at radius 1 is 1.25 bits per heavy atom. The monoisotopic (exact) mass is 217 g/mol. The van der Waals surface area contributed by atoms with Gasteiger partial charge in [-0.25, -0.2) is 0 Å².